The van der Waals surface area contributed by atoms with E-state index in [0.717, 1.165) is 49.4 Å². The van der Waals surface area contributed by atoms with Crippen LogP contribution < -0.4 is 19.9 Å². The molecule has 3 aromatic rings. The molecular weight excluding hydrogens is 362 g/mol. The van der Waals surface area contributed by atoms with Gasteiger partial charge in [-0.25, -0.2) is 4.98 Å². The Hall–Kier alpha value is -3.28. The highest BCUT2D eigenvalue weighted by Gasteiger charge is 2.19. The number of aromatic nitrogens is 2. The Kier molecular flexibility index (Phi) is 5.51. The summed E-state index contributed by atoms with van der Waals surface area (Å²) in [5.41, 5.74) is 4.75. The first kappa shape index (κ1) is 19.1. The van der Waals surface area contributed by atoms with Crippen molar-refractivity contribution < 1.29 is 4.74 Å². The maximum Gasteiger partial charge on any atom is 0.227 e. The second-order valence-electron chi connectivity index (χ2n) is 7.31. The summed E-state index contributed by atoms with van der Waals surface area (Å²) in [7, 11) is 1.69. The van der Waals surface area contributed by atoms with Crippen molar-refractivity contribution >= 4 is 23.1 Å². The molecule has 0 bridgehead atoms. The summed E-state index contributed by atoms with van der Waals surface area (Å²) in [6.07, 6.45) is 1.83. The molecule has 1 aromatic heterocycles. The molecule has 6 nitrogen and oxygen atoms in total. The summed E-state index contributed by atoms with van der Waals surface area (Å²) in [6.45, 7) is 7.86. The largest absolute Gasteiger partial charge is 0.497 e. The number of benzene rings is 2. The molecule has 150 valence electrons. The lowest BCUT2D eigenvalue weighted by Gasteiger charge is -2.36. The van der Waals surface area contributed by atoms with Crippen LogP contribution in [0.2, 0.25) is 0 Å². The molecule has 29 heavy (non-hydrogen) atoms. The molecule has 0 amide bonds. The van der Waals surface area contributed by atoms with Crippen molar-refractivity contribution in [1.29, 1.82) is 0 Å². The van der Waals surface area contributed by atoms with Gasteiger partial charge in [0.1, 0.15) is 11.6 Å². The molecule has 0 atom stereocenters. The third-order valence-corrected chi connectivity index (χ3v) is 5.38. The fraction of sp³-hybridized carbons (Fsp3) is 0.304. The summed E-state index contributed by atoms with van der Waals surface area (Å²) < 4.78 is 5.25. The van der Waals surface area contributed by atoms with E-state index in [1.807, 2.05) is 24.4 Å². The number of rotatable bonds is 5. The molecule has 0 radical (unpaired) electrons. The van der Waals surface area contributed by atoms with Crippen LogP contribution in [0.5, 0.6) is 5.75 Å². The molecule has 2 heterocycles. The van der Waals surface area contributed by atoms with Crippen LogP contribution in [0.1, 0.15) is 11.1 Å². The van der Waals surface area contributed by atoms with Gasteiger partial charge in [0.15, 0.2) is 0 Å². The molecule has 0 spiro atoms. The van der Waals surface area contributed by atoms with E-state index in [-0.39, 0.29) is 0 Å². The highest BCUT2D eigenvalue weighted by Crippen LogP contribution is 2.25. The lowest BCUT2D eigenvalue weighted by Crippen LogP contribution is -2.47. The van der Waals surface area contributed by atoms with Gasteiger partial charge in [0.2, 0.25) is 5.95 Å². The number of aryl methyl sites for hydroxylation is 2. The quantitative estimate of drug-likeness (QED) is 0.707. The minimum absolute atomic E-state index is 0.774. The van der Waals surface area contributed by atoms with Crippen molar-refractivity contribution in [2.75, 3.05) is 48.4 Å². The molecule has 1 saturated heterocycles. The van der Waals surface area contributed by atoms with Crippen LogP contribution >= 0.6 is 0 Å². The van der Waals surface area contributed by atoms with Gasteiger partial charge in [0, 0.05) is 43.8 Å². The first-order chi connectivity index (χ1) is 14.1. The van der Waals surface area contributed by atoms with Gasteiger partial charge >= 0.3 is 0 Å². The first-order valence-electron chi connectivity index (χ1n) is 9.94. The van der Waals surface area contributed by atoms with Crippen molar-refractivity contribution in [2.45, 2.75) is 13.8 Å². The second kappa shape index (κ2) is 8.39. The average molecular weight is 390 g/mol. The molecule has 2 aromatic carbocycles. The fourth-order valence-electron chi connectivity index (χ4n) is 3.67. The average Bonchev–Trinajstić information content (AvgIpc) is 2.77. The maximum absolute atomic E-state index is 5.25. The van der Waals surface area contributed by atoms with E-state index in [0.29, 0.717) is 0 Å². The zero-order valence-corrected chi connectivity index (χ0v) is 17.2. The van der Waals surface area contributed by atoms with E-state index in [2.05, 4.69) is 64.3 Å². The van der Waals surface area contributed by atoms with E-state index >= 15 is 0 Å². The monoisotopic (exact) mass is 389 g/mol. The number of hydrogen-bond acceptors (Lipinski definition) is 6. The van der Waals surface area contributed by atoms with Gasteiger partial charge in [-0.2, -0.15) is 4.98 Å². The molecule has 0 saturated carbocycles. The molecule has 0 aliphatic carbocycles. The van der Waals surface area contributed by atoms with Gasteiger partial charge in [0.05, 0.1) is 7.11 Å². The van der Waals surface area contributed by atoms with Crippen molar-refractivity contribution in [3.8, 4) is 5.75 Å². The van der Waals surface area contributed by atoms with Gasteiger partial charge < -0.3 is 19.9 Å². The highest BCUT2D eigenvalue weighted by atomic mass is 16.5. The third kappa shape index (κ3) is 4.26. The fourth-order valence-corrected chi connectivity index (χ4v) is 3.67. The molecule has 1 N–H and O–H groups in total. The van der Waals surface area contributed by atoms with E-state index in [1.165, 1.54) is 16.8 Å². The van der Waals surface area contributed by atoms with E-state index < -0.39 is 0 Å². The van der Waals surface area contributed by atoms with Crippen LogP contribution in [0.25, 0.3) is 0 Å². The van der Waals surface area contributed by atoms with E-state index in [1.54, 1.807) is 7.11 Å². The summed E-state index contributed by atoms with van der Waals surface area (Å²) in [6, 6.07) is 16.4. The smallest absolute Gasteiger partial charge is 0.227 e. The SMILES string of the molecule is COc1ccc(N2CCN(c3nccc(Nc4c(C)cccc4C)n3)CC2)cc1. The van der Waals surface area contributed by atoms with Crippen LogP contribution in [0.3, 0.4) is 0 Å². The predicted octanol–water partition coefficient (Wildman–Crippen LogP) is 4.17. The zero-order chi connectivity index (χ0) is 20.2. The number of ether oxygens (including phenoxy) is 1. The number of nitrogens with zero attached hydrogens (tertiary/aromatic N) is 4. The molecule has 1 aliphatic rings. The Bertz CT molecular complexity index is 945. The van der Waals surface area contributed by atoms with Crippen molar-refractivity contribution in [3.63, 3.8) is 0 Å². The lowest BCUT2D eigenvalue weighted by molar-refractivity contribution is 0.415. The highest BCUT2D eigenvalue weighted by molar-refractivity contribution is 5.64. The molecule has 6 heteroatoms. The van der Waals surface area contributed by atoms with Gasteiger partial charge in [-0.1, -0.05) is 18.2 Å². The van der Waals surface area contributed by atoms with Crippen molar-refractivity contribution in [2.24, 2.45) is 0 Å². The van der Waals surface area contributed by atoms with Gasteiger partial charge in [-0.15, -0.1) is 0 Å². The standard InChI is InChI=1S/C23H27N5O/c1-17-5-4-6-18(2)22(17)25-21-11-12-24-23(26-21)28-15-13-27(14-16-28)19-7-9-20(29-3)10-8-19/h4-12H,13-16H2,1-3H3,(H,24,25,26). The summed E-state index contributed by atoms with van der Waals surface area (Å²) in [5, 5.41) is 3.47. The number of hydrogen-bond donors (Lipinski definition) is 1. The van der Waals surface area contributed by atoms with Crippen LogP contribution in [-0.4, -0.2) is 43.3 Å². The molecule has 1 aliphatic heterocycles. The maximum atomic E-state index is 5.25. The van der Waals surface area contributed by atoms with Crippen LogP contribution in [0.4, 0.5) is 23.1 Å². The topological polar surface area (TPSA) is 53.5 Å². The number of para-hydroxylation sites is 1. The molecule has 1 fully saturated rings. The van der Waals surface area contributed by atoms with Crippen LogP contribution in [-0.2, 0) is 0 Å². The first-order valence-corrected chi connectivity index (χ1v) is 9.94. The Morgan fingerprint density at radius 3 is 2.17 bits per heavy atom. The van der Waals surface area contributed by atoms with Gasteiger partial charge in [-0.3, -0.25) is 0 Å². The summed E-state index contributed by atoms with van der Waals surface area (Å²) >= 11 is 0. The Balaban J connectivity index is 1.43. The number of nitrogens with one attached hydrogen (secondary N) is 1. The normalized spacial score (nSPS) is 14.0. The molecule has 0 unspecified atom stereocenters. The van der Waals surface area contributed by atoms with Crippen LogP contribution in [0.15, 0.2) is 54.7 Å². The second-order valence-corrected chi connectivity index (χ2v) is 7.31. The minimum atomic E-state index is 0.774. The Morgan fingerprint density at radius 1 is 0.862 bits per heavy atom. The van der Waals surface area contributed by atoms with Crippen LogP contribution in [0, 0.1) is 13.8 Å². The van der Waals surface area contributed by atoms with E-state index in [4.69, 9.17) is 9.72 Å². The lowest BCUT2D eigenvalue weighted by atomic mass is 10.1. The number of piperazine rings is 1. The Morgan fingerprint density at radius 2 is 1.52 bits per heavy atom. The summed E-state index contributed by atoms with van der Waals surface area (Å²) in [5.74, 6) is 2.48. The number of anilines is 4. The third-order valence-electron chi connectivity index (χ3n) is 5.38. The number of methoxy groups -OCH3 is 1. The minimum Gasteiger partial charge on any atom is -0.497 e. The zero-order valence-electron chi connectivity index (χ0n) is 17.2. The van der Waals surface area contributed by atoms with Gasteiger partial charge in [0.25, 0.3) is 0 Å². The molecular formula is C23H27N5O. The predicted molar refractivity (Wildman–Crippen MR) is 119 cm³/mol. The molecule has 4 rings (SSSR count). The van der Waals surface area contributed by atoms with Gasteiger partial charge in [-0.05, 0) is 55.3 Å². The van der Waals surface area contributed by atoms with E-state index in [9.17, 15) is 0 Å². The Labute approximate surface area is 172 Å². The summed E-state index contributed by atoms with van der Waals surface area (Å²) in [4.78, 5) is 13.9. The van der Waals surface area contributed by atoms with Crippen molar-refractivity contribution in [3.05, 3.63) is 65.9 Å². The van der Waals surface area contributed by atoms with Crippen molar-refractivity contribution in [1.82, 2.24) is 9.97 Å².